The van der Waals surface area contributed by atoms with Crippen LogP contribution in [-0.4, -0.2) is 9.78 Å². The van der Waals surface area contributed by atoms with Crippen LogP contribution in [-0.2, 0) is 7.05 Å². The minimum absolute atomic E-state index is 0.638. The van der Waals surface area contributed by atoms with Gasteiger partial charge in [0.1, 0.15) is 5.52 Å². The van der Waals surface area contributed by atoms with Gasteiger partial charge < -0.3 is 0 Å². The Morgan fingerprint density at radius 3 is 2.60 bits per heavy atom. The number of rotatable bonds is 5. The zero-order chi connectivity index (χ0) is 18.0. The van der Waals surface area contributed by atoms with Gasteiger partial charge in [0, 0.05) is 33.6 Å². The van der Waals surface area contributed by atoms with E-state index in [2.05, 4.69) is 38.1 Å². The summed E-state index contributed by atoms with van der Waals surface area (Å²) in [6.07, 6.45) is 5.49. The quantitative estimate of drug-likeness (QED) is 0.465. The highest BCUT2D eigenvalue weighted by Crippen LogP contribution is 2.37. The van der Waals surface area contributed by atoms with Crippen molar-refractivity contribution in [2.75, 3.05) is 0 Å². The number of allylic oxidation sites excluding steroid dienone is 2. The van der Waals surface area contributed by atoms with E-state index in [1.54, 1.807) is 6.07 Å². The van der Waals surface area contributed by atoms with Crippen molar-refractivity contribution in [1.29, 1.82) is 0 Å². The topological polar surface area (TPSA) is 17.8 Å². The average molecular weight is 373 g/mol. The van der Waals surface area contributed by atoms with Crippen LogP contribution in [0.3, 0.4) is 0 Å². The van der Waals surface area contributed by atoms with Crippen LogP contribution < -0.4 is 0 Å². The summed E-state index contributed by atoms with van der Waals surface area (Å²) in [7, 11) is 2.02. The summed E-state index contributed by atoms with van der Waals surface area (Å²) in [6, 6.07) is 11.9. The lowest BCUT2D eigenvalue weighted by Gasteiger charge is -2.08. The molecule has 2 aromatic carbocycles. The van der Waals surface area contributed by atoms with Crippen molar-refractivity contribution >= 4 is 39.7 Å². The van der Waals surface area contributed by atoms with Crippen molar-refractivity contribution in [3.05, 3.63) is 58.2 Å². The molecule has 130 valence electrons. The van der Waals surface area contributed by atoms with Crippen molar-refractivity contribution in [2.24, 2.45) is 7.05 Å². The predicted octanol–water partition coefficient (Wildman–Crippen LogP) is 7.14. The molecule has 0 bridgehead atoms. The second-order valence-electron chi connectivity index (χ2n) is 6.19. The second-order valence-corrected chi connectivity index (χ2v) is 7.03. The van der Waals surface area contributed by atoms with E-state index in [-0.39, 0.29) is 0 Å². The van der Waals surface area contributed by atoms with Crippen LogP contribution in [0.4, 0.5) is 0 Å². The monoisotopic (exact) mass is 372 g/mol. The fourth-order valence-electron chi connectivity index (χ4n) is 3.36. The van der Waals surface area contributed by atoms with E-state index in [1.807, 2.05) is 23.9 Å². The first-order chi connectivity index (χ1) is 12.1. The van der Waals surface area contributed by atoms with E-state index >= 15 is 0 Å². The van der Waals surface area contributed by atoms with E-state index in [4.69, 9.17) is 28.3 Å². The summed E-state index contributed by atoms with van der Waals surface area (Å²) < 4.78 is 2.00. The third kappa shape index (κ3) is 3.47. The summed E-state index contributed by atoms with van der Waals surface area (Å²) in [5.74, 6) is 0. The van der Waals surface area contributed by atoms with Crippen LogP contribution in [0.25, 0.3) is 27.6 Å². The molecule has 3 aromatic rings. The Bertz CT molecular complexity index is 938. The fourth-order valence-corrected chi connectivity index (χ4v) is 3.87. The summed E-state index contributed by atoms with van der Waals surface area (Å²) in [4.78, 5) is 0. The van der Waals surface area contributed by atoms with Gasteiger partial charge in [0.05, 0.1) is 5.69 Å². The van der Waals surface area contributed by atoms with Gasteiger partial charge in [-0.1, -0.05) is 73.8 Å². The van der Waals surface area contributed by atoms with Crippen LogP contribution in [0.1, 0.15) is 38.8 Å². The zero-order valence-corrected chi connectivity index (χ0v) is 16.3. The van der Waals surface area contributed by atoms with Crippen LogP contribution in [0, 0.1) is 0 Å². The Morgan fingerprint density at radius 1 is 1.12 bits per heavy atom. The molecular weight excluding hydrogens is 351 g/mol. The zero-order valence-electron chi connectivity index (χ0n) is 14.8. The number of benzene rings is 2. The molecule has 0 radical (unpaired) electrons. The lowest BCUT2D eigenvalue weighted by Crippen LogP contribution is -1.98. The normalized spacial score (nSPS) is 12.1. The van der Waals surface area contributed by atoms with E-state index < -0.39 is 0 Å². The van der Waals surface area contributed by atoms with Crippen LogP contribution >= 0.6 is 23.2 Å². The largest absolute Gasteiger partial charge is 0.267 e. The second kappa shape index (κ2) is 7.63. The van der Waals surface area contributed by atoms with Gasteiger partial charge in [0.25, 0.3) is 0 Å². The molecule has 0 spiro atoms. The standard InChI is InChI=1S/C21H22Cl2N2/c1-4-7-14(8-5-2)21-18-10-6-9-17(20(18)24-25(21)3)16-12-11-15(22)13-19(16)23/h6-7,9-13H,4-5,8H2,1-3H3. The van der Waals surface area contributed by atoms with Gasteiger partial charge in [0.2, 0.25) is 0 Å². The Morgan fingerprint density at radius 2 is 1.92 bits per heavy atom. The van der Waals surface area contributed by atoms with Crippen molar-refractivity contribution in [2.45, 2.75) is 33.1 Å². The summed E-state index contributed by atoms with van der Waals surface area (Å²) in [5, 5.41) is 7.27. The maximum absolute atomic E-state index is 6.44. The fraction of sp³-hybridized carbons (Fsp3) is 0.286. The molecule has 0 aliphatic heterocycles. The number of nitrogens with zero attached hydrogens (tertiary/aromatic N) is 2. The molecule has 0 amide bonds. The Balaban J connectivity index is 2.25. The number of aromatic nitrogens is 2. The Kier molecular flexibility index (Phi) is 5.51. The highest BCUT2D eigenvalue weighted by atomic mass is 35.5. The smallest absolute Gasteiger partial charge is 0.101 e. The molecule has 1 heterocycles. The van der Waals surface area contributed by atoms with Crippen molar-refractivity contribution < 1.29 is 0 Å². The third-order valence-electron chi connectivity index (χ3n) is 4.36. The number of fused-ring (bicyclic) bond motifs is 1. The van der Waals surface area contributed by atoms with Gasteiger partial charge in [-0.25, -0.2) is 0 Å². The molecule has 1 aromatic heterocycles. The SMILES string of the molecule is CCC=C(CCC)c1c2cccc(-c3ccc(Cl)cc3Cl)c2nn1C. The molecule has 0 saturated carbocycles. The molecule has 0 saturated heterocycles. The van der Waals surface area contributed by atoms with Crippen LogP contribution in [0.5, 0.6) is 0 Å². The van der Waals surface area contributed by atoms with Crippen LogP contribution in [0.2, 0.25) is 10.0 Å². The summed E-state index contributed by atoms with van der Waals surface area (Å²) in [6.45, 7) is 4.38. The lowest BCUT2D eigenvalue weighted by molar-refractivity contribution is 0.760. The minimum atomic E-state index is 0.638. The molecule has 3 rings (SSSR count). The average Bonchev–Trinajstić information content (AvgIpc) is 2.91. The lowest BCUT2D eigenvalue weighted by atomic mass is 9.98. The molecule has 0 aliphatic rings. The summed E-state index contributed by atoms with van der Waals surface area (Å²) >= 11 is 12.5. The van der Waals surface area contributed by atoms with E-state index in [1.165, 1.54) is 16.7 Å². The first kappa shape index (κ1) is 18.0. The molecule has 0 aliphatic carbocycles. The number of halogens is 2. The van der Waals surface area contributed by atoms with E-state index in [0.29, 0.717) is 10.0 Å². The third-order valence-corrected chi connectivity index (χ3v) is 4.91. The van der Waals surface area contributed by atoms with Crippen molar-refractivity contribution in [3.8, 4) is 11.1 Å². The first-order valence-electron chi connectivity index (χ1n) is 8.67. The molecule has 2 nitrogen and oxygen atoms in total. The molecule has 0 N–H and O–H groups in total. The van der Waals surface area contributed by atoms with E-state index in [9.17, 15) is 0 Å². The predicted molar refractivity (Wildman–Crippen MR) is 109 cm³/mol. The van der Waals surface area contributed by atoms with Crippen molar-refractivity contribution in [1.82, 2.24) is 9.78 Å². The van der Waals surface area contributed by atoms with Crippen molar-refractivity contribution in [3.63, 3.8) is 0 Å². The van der Waals surface area contributed by atoms with Gasteiger partial charge in [-0.15, -0.1) is 0 Å². The van der Waals surface area contributed by atoms with E-state index in [0.717, 1.165) is 35.9 Å². The maximum atomic E-state index is 6.44. The van der Waals surface area contributed by atoms with Gasteiger partial charge in [-0.05, 0) is 30.5 Å². The molecule has 25 heavy (non-hydrogen) atoms. The van der Waals surface area contributed by atoms with Crippen LogP contribution in [0.15, 0.2) is 42.5 Å². The Hall–Kier alpha value is -1.77. The minimum Gasteiger partial charge on any atom is -0.267 e. The first-order valence-corrected chi connectivity index (χ1v) is 9.43. The molecule has 0 fully saturated rings. The molecular formula is C21H22Cl2N2. The van der Waals surface area contributed by atoms with Gasteiger partial charge in [-0.2, -0.15) is 5.10 Å². The number of hydrogen-bond acceptors (Lipinski definition) is 1. The number of aryl methyl sites for hydroxylation is 1. The Labute approximate surface area is 159 Å². The molecule has 4 heteroatoms. The maximum Gasteiger partial charge on any atom is 0.101 e. The number of hydrogen-bond donors (Lipinski definition) is 0. The summed E-state index contributed by atoms with van der Waals surface area (Å²) in [5.41, 5.74) is 5.52. The highest BCUT2D eigenvalue weighted by molar-refractivity contribution is 6.36. The molecule has 0 unspecified atom stereocenters. The molecule has 0 atom stereocenters. The van der Waals surface area contributed by atoms with Gasteiger partial charge in [-0.3, -0.25) is 4.68 Å². The van der Waals surface area contributed by atoms with Gasteiger partial charge in [0.15, 0.2) is 0 Å². The van der Waals surface area contributed by atoms with Gasteiger partial charge >= 0.3 is 0 Å². The highest BCUT2D eigenvalue weighted by Gasteiger charge is 2.17.